The molecule has 1 N–H and O–H groups in total. The fraction of sp³-hybridized carbons (Fsp3) is 0.235. The Hall–Kier alpha value is -2.69. The third-order valence-corrected chi connectivity index (χ3v) is 3.48. The molecule has 0 amide bonds. The number of Topliss-reactive ketones (excluding diaryl/α,β-unsaturated/α-hetero) is 1. The number of rotatable bonds is 4. The smallest absolute Gasteiger partial charge is 0.143 e. The Morgan fingerprint density at radius 1 is 1.27 bits per heavy atom. The minimum absolute atomic E-state index is 0.00131. The summed E-state index contributed by atoms with van der Waals surface area (Å²) >= 11 is 0. The van der Waals surface area contributed by atoms with Crippen LogP contribution in [0, 0.1) is 6.92 Å². The molecule has 1 aromatic heterocycles. The predicted molar refractivity (Wildman–Crippen MR) is 84.3 cm³/mol. The molecule has 0 bridgehead atoms. The van der Waals surface area contributed by atoms with E-state index in [9.17, 15) is 9.90 Å². The summed E-state index contributed by atoms with van der Waals surface area (Å²) in [6.07, 6.45) is 0.922. The second kappa shape index (κ2) is 5.60. The number of carbonyl (C=O) groups excluding carboxylic acids is 1. The van der Waals surface area contributed by atoms with E-state index in [1.807, 2.05) is 25.1 Å². The molecule has 5 nitrogen and oxygen atoms in total. The van der Waals surface area contributed by atoms with E-state index >= 15 is 0 Å². The van der Waals surface area contributed by atoms with Crippen molar-refractivity contribution in [3.63, 3.8) is 0 Å². The topological polar surface area (TPSA) is 68.0 Å². The fourth-order valence-corrected chi connectivity index (χ4v) is 2.27. The normalized spacial score (nSPS) is 11.6. The molecular weight excluding hydrogens is 278 g/mol. The first kappa shape index (κ1) is 13.0. The van der Waals surface area contributed by atoms with Crippen LogP contribution >= 0.6 is 0 Å². The van der Waals surface area contributed by atoms with E-state index in [2.05, 4.69) is 10.2 Å². The first-order chi connectivity index (χ1) is 10.9. The molecular formula is C17H17N3O2. The molecule has 0 spiro atoms. The number of aromatic nitrogens is 3. The van der Waals surface area contributed by atoms with Gasteiger partial charge in [0.1, 0.15) is 28.3 Å². The van der Waals surface area contributed by atoms with E-state index in [1.165, 1.54) is 11.7 Å². The van der Waals surface area contributed by atoms with E-state index in [1.54, 1.807) is 12.1 Å². The summed E-state index contributed by atoms with van der Waals surface area (Å²) in [7, 11) is 0. The Bertz CT molecular complexity index is 902. The molecule has 5 heteroatoms. The number of hydrogen-bond acceptors (Lipinski definition) is 4. The molecule has 2 aromatic carbocycles. The van der Waals surface area contributed by atoms with Gasteiger partial charge in [0, 0.05) is 6.42 Å². The van der Waals surface area contributed by atoms with Gasteiger partial charge in [0.05, 0.1) is 1.37 Å². The molecule has 0 atom stereocenters. The molecule has 0 aliphatic rings. The third kappa shape index (κ3) is 2.83. The van der Waals surface area contributed by atoms with Crippen molar-refractivity contribution in [1.29, 1.82) is 0 Å². The van der Waals surface area contributed by atoms with Crippen molar-refractivity contribution in [1.82, 2.24) is 15.0 Å². The minimum Gasteiger partial charge on any atom is -0.506 e. The van der Waals surface area contributed by atoms with Crippen LogP contribution in [0.25, 0.3) is 16.7 Å². The number of fused-ring (bicyclic) bond motifs is 1. The third-order valence-electron chi connectivity index (χ3n) is 3.48. The lowest BCUT2D eigenvalue weighted by Gasteiger charge is -2.06. The number of phenolic OH excluding ortho intramolecular Hbond substituents is 1. The number of aryl methyl sites for hydroxylation is 2. The van der Waals surface area contributed by atoms with Gasteiger partial charge in [-0.25, -0.2) is 0 Å². The summed E-state index contributed by atoms with van der Waals surface area (Å²) < 4.78 is 7.90. The van der Waals surface area contributed by atoms with Crippen LogP contribution in [0.5, 0.6) is 5.75 Å². The van der Waals surface area contributed by atoms with E-state index in [0.717, 1.165) is 22.2 Å². The Labute approximate surface area is 129 Å². The molecule has 0 aliphatic heterocycles. The molecule has 1 heterocycles. The van der Waals surface area contributed by atoms with Crippen LogP contribution in [0.4, 0.5) is 0 Å². The molecule has 112 valence electrons. The maximum absolute atomic E-state index is 11.1. The lowest BCUT2D eigenvalue weighted by Crippen LogP contribution is -2.01. The Balaban J connectivity index is 2.07. The van der Waals surface area contributed by atoms with Crippen LogP contribution in [0.2, 0.25) is 0 Å². The van der Waals surface area contributed by atoms with Crippen LogP contribution < -0.4 is 0 Å². The summed E-state index contributed by atoms with van der Waals surface area (Å²) in [6, 6.07) is 9.01. The first-order valence-corrected chi connectivity index (χ1v) is 7.10. The lowest BCUT2D eigenvalue weighted by atomic mass is 10.1. The zero-order valence-electron chi connectivity index (χ0n) is 13.5. The van der Waals surface area contributed by atoms with Crippen molar-refractivity contribution >= 4 is 16.8 Å². The highest BCUT2D eigenvalue weighted by Gasteiger charge is 2.10. The summed E-state index contributed by atoms with van der Waals surface area (Å²) in [5.41, 5.74) is 3.67. The van der Waals surface area contributed by atoms with E-state index < -0.39 is 0 Å². The van der Waals surface area contributed by atoms with Crippen LogP contribution in [0.3, 0.4) is 0 Å². The van der Waals surface area contributed by atoms with Crippen molar-refractivity contribution in [2.24, 2.45) is 0 Å². The molecule has 0 unspecified atom stereocenters. The predicted octanol–water partition coefficient (Wildman–Crippen LogP) is 2.96. The molecule has 22 heavy (non-hydrogen) atoms. The maximum Gasteiger partial charge on any atom is 0.143 e. The molecule has 3 rings (SSSR count). The summed E-state index contributed by atoms with van der Waals surface area (Å²) in [5, 5.41) is 18.9. The largest absolute Gasteiger partial charge is 0.506 e. The number of hydrogen-bond donors (Lipinski definition) is 1. The first-order valence-electron chi connectivity index (χ1n) is 7.60. The Morgan fingerprint density at radius 3 is 2.82 bits per heavy atom. The molecule has 0 fully saturated rings. The zero-order valence-corrected chi connectivity index (χ0v) is 12.5. The average Bonchev–Trinajstić information content (AvgIpc) is 2.90. The zero-order chi connectivity index (χ0) is 16.6. The van der Waals surface area contributed by atoms with Gasteiger partial charge in [0.2, 0.25) is 0 Å². The van der Waals surface area contributed by atoms with Crippen molar-refractivity contribution < 1.29 is 11.3 Å². The SMILES string of the molecule is [3H]c1cc(CCC(C)=O)cc(-n2nc3ccc(C)cc3n2)c1O. The van der Waals surface area contributed by atoms with Crippen LogP contribution in [-0.4, -0.2) is 25.9 Å². The number of phenols is 1. The monoisotopic (exact) mass is 297 g/mol. The summed E-state index contributed by atoms with van der Waals surface area (Å²) in [6.45, 7) is 3.51. The van der Waals surface area contributed by atoms with Gasteiger partial charge in [-0.2, -0.15) is 0 Å². The van der Waals surface area contributed by atoms with E-state index in [0.29, 0.717) is 18.5 Å². The standard InChI is InChI=1S/C17H17N3O2/c1-11-3-7-14-15(9-11)19-20(18-14)16-10-13(5-4-12(2)21)6-8-17(16)22/h3,6-10,22H,4-5H2,1-2H3/i8T. The average molecular weight is 297 g/mol. The fourth-order valence-electron chi connectivity index (χ4n) is 2.27. The van der Waals surface area contributed by atoms with Gasteiger partial charge in [-0.05, 0) is 55.6 Å². The Morgan fingerprint density at radius 2 is 2.05 bits per heavy atom. The Kier molecular flexibility index (Phi) is 3.31. The minimum atomic E-state index is -0.173. The number of nitrogens with zero attached hydrogens (tertiary/aromatic N) is 3. The highest BCUT2D eigenvalue weighted by molar-refractivity contribution is 5.76. The van der Waals surface area contributed by atoms with Crippen molar-refractivity contribution in [3.05, 3.63) is 47.5 Å². The van der Waals surface area contributed by atoms with Gasteiger partial charge in [0.25, 0.3) is 0 Å². The summed E-state index contributed by atoms with van der Waals surface area (Å²) in [5.74, 6) is -0.0850. The van der Waals surface area contributed by atoms with E-state index in [4.69, 9.17) is 1.37 Å². The molecule has 0 saturated carbocycles. The van der Waals surface area contributed by atoms with Gasteiger partial charge < -0.3 is 9.90 Å². The highest BCUT2D eigenvalue weighted by atomic mass is 16.3. The van der Waals surface area contributed by atoms with Gasteiger partial charge in [-0.3, -0.25) is 0 Å². The van der Waals surface area contributed by atoms with Crippen LogP contribution in [0.1, 0.15) is 25.8 Å². The molecule has 0 saturated heterocycles. The summed E-state index contributed by atoms with van der Waals surface area (Å²) in [4.78, 5) is 12.5. The number of ketones is 1. The van der Waals surface area contributed by atoms with Gasteiger partial charge in [0.15, 0.2) is 0 Å². The van der Waals surface area contributed by atoms with Crippen molar-refractivity contribution in [3.8, 4) is 11.4 Å². The molecule has 3 aromatic rings. The van der Waals surface area contributed by atoms with Gasteiger partial charge in [-0.1, -0.05) is 12.1 Å². The van der Waals surface area contributed by atoms with Gasteiger partial charge >= 0.3 is 0 Å². The van der Waals surface area contributed by atoms with Crippen LogP contribution in [-0.2, 0) is 11.2 Å². The van der Waals surface area contributed by atoms with Crippen molar-refractivity contribution in [2.45, 2.75) is 26.7 Å². The van der Waals surface area contributed by atoms with Crippen LogP contribution in [0.15, 0.2) is 36.4 Å². The number of carbonyl (C=O) groups is 1. The maximum atomic E-state index is 11.1. The number of benzene rings is 2. The number of aromatic hydroxyl groups is 1. The lowest BCUT2D eigenvalue weighted by molar-refractivity contribution is -0.116. The van der Waals surface area contributed by atoms with E-state index in [-0.39, 0.29) is 17.6 Å². The molecule has 0 aliphatic carbocycles. The quantitative estimate of drug-likeness (QED) is 0.804. The second-order valence-corrected chi connectivity index (χ2v) is 5.43. The second-order valence-electron chi connectivity index (χ2n) is 5.43. The molecule has 0 radical (unpaired) electrons. The van der Waals surface area contributed by atoms with Crippen molar-refractivity contribution in [2.75, 3.05) is 0 Å². The van der Waals surface area contributed by atoms with Gasteiger partial charge in [-0.15, -0.1) is 15.0 Å². The highest BCUT2D eigenvalue weighted by Crippen LogP contribution is 2.24.